The lowest BCUT2D eigenvalue weighted by Gasteiger charge is -1.98. The van der Waals surface area contributed by atoms with Crippen molar-refractivity contribution >= 4 is 22.5 Å². The fraction of sp³-hybridized carbons (Fsp3) is 0.158. The molecule has 0 radical (unpaired) electrons. The molecule has 0 saturated carbocycles. The van der Waals surface area contributed by atoms with E-state index < -0.39 is 0 Å². The predicted molar refractivity (Wildman–Crippen MR) is 95.7 cm³/mol. The Morgan fingerprint density at radius 2 is 1.92 bits per heavy atom. The van der Waals surface area contributed by atoms with Gasteiger partial charge in [0.25, 0.3) is 0 Å². The van der Waals surface area contributed by atoms with Crippen molar-refractivity contribution in [3.05, 3.63) is 70.7 Å². The van der Waals surface area contributed by atoms with Crippen LogP contribution in [0.2, 0.25) is 0 Å². The molecular weight excluding hydrogens is 321 g/mol. The summed E-state index contributed by atoms with van der Waals surface area (Å²) in [6.45, 7) is 2.10. The summed E-state index contributed by atoms with van der Waals surface area (Å²) in [5, 5.41) is 0. The summed E-state index contributed by atoms with van der Waals surface area (Å²) in [6.07, 6.45) is 3.46. The number of halogens is 1. The molecule has 1 aromatic carbocycles. The number of pyridine rings is 1. The van der Waals surface area contributed by atoms with Gasteiger partial charge >= 0.3 is 0 Å². The molecule has 4 aromatic rings. The summed E-state index contributed by atoms with van der Waals surface area (Å²) >= 11 is 1.76. The van der Waals surface area contributed by atoms with Gasteiger partial charge in [0, 0.05) is 27.9 Å². The normalized spacial score (nSPS) is 11.2. The van der Waals surface area contributed by atoms with Crippen molar-refractivity contribution in [1.82, 2.24) is 15.0 Å². The molecule has 0 amide bonds. The van der Waals surface area contributed by atoms with Gasteiger partial charge in [0.2, 0.25) is 0 Å². The van der Waals surface area contributed by atoms with Crippen molar-refractivity contribution in [3.63, 3.8) is 0 Å². The fourth-order valence-corrected chi connectivity index (χ4v) is 3.56. The van der Waals surface area contributed by atoms with Gasteiger partial charge in [0.1, 0.15) is 11.6 Å². The van der Waals surface area contributed by atoms with Gasteiger partial charge in [-0.05, 0) is 49.2 Å². The van der Waals surface area contributed by atoms with E-state index in [4.69, 9.17) is 0 Å². The van der Waals surface area contributed by atoms with Crippen LogP contribution in [-0.4, -0.2) is 15.0 Å². The standard InChI is InChI=1S/C19H16FN3S/c1-12-2-8-17(24-12)14-10-16-19(21-11-14)23-18(22-16)9-5-13-3-6-15(20)7-4-13/h2-4,6-8,10-11H,5,9H2,1H3,(H,21,22,23). The van der Waals surface area contributed by atoms with E-state index in [0.29, 0.717) is 0 Å². The van der Waals surface area contributed by atoms with Gasteiger partial charge in [0.15, 0.2) is 5.65 Å². The molecule has 5 heteroatoms. The van der Waals surface area contributed by atoms with Crippen LogP contribution >= 0.6 is 11.3 Å². The summed E-state index contributed by atoms with van der Waals surface area (Å²) < 4.78 is 12.9. The molecule has 3 heterocycles. The van der Waals surface area contributed by atoms with Crippen molar-refractivity contribution < 1.29 is 4.39 Å². The van der Waals surface area contributed by atoms with Crippen LogP contribution in [0.3, 0.4) is 0 Å². The Hall–Kier alpha value is -2.53. The van der Waals surface area contributed by atoms with Crippen molar-refractivity contribution in [3.8, 4) is 10.4 Å². The summed E-state index contributed by atoms with van der Waals surface area (Å²) in [5.74, 6) is 0.698. The minimum Gasteiger partial charge on any atom is -0.341 e. The Morgan fingerprint density at radius 3 is 2.67 bits per heavy atom. The molecule has 0 atom stereocenters. The predicted octanol–water partition coefficient (Wildman–Crippen LogP) is 4.92. The second kappa shape index (κ2) is 6.17. The lowest BCUT2D eigenvalue weighted by Crippen LogP contribution is -1.93. The highest BCUT2D eigenvalue weighted by Gasteiger charge is 2.08. The highest BCUT2D eigenvalue weighted by molar-refractivity contribution is 7.15. The maximum atomic E-state index is 12.9. The van der Waals surface area contributed by atoms with Crippen LogP contribution in [-0.2, 0) is 12.8 Å². The highest BCUT2D eigenvalue weighted by Crippen LogP contribution is 2.28. The molecule has 0 spiro atoms. The topological polar surface area (TPSA) is 41.6 Å². The number of nitrogens with zero attached hydrogens (tertiary/aromatic N) is 2. The molecule has 0 saturated heterocycles. The minimum atomic E-state index is -0.206. The molecule has 0 bridgehead atoms. The van der Waals surface area contributed by atoms with E-state index in [9.17, 15) is 4.39 Å². The van der Waals surface area contributed by atoms with E-state index in [1.165, 1.54) is 21.9 Å². The van der Waals surface area contributed by atoms with E-state index in [2.05, 4.69) is 40.1 Å². The zero-order valence-corrected chi connectivity index (χ0v) is 14.0. The number of hydrogen-bond donors (Lipinski definition) is 1. The average molecular weight is 337 g/mol. The lowest BCUT2D eigenvalue weighted by molar-refractivity contribution is 0.627. The minimum absolute atomic E-state index is 0.206. The number of aryl methyl sites for hydroxylation is 3. The third kappa shape index (κ3) is 3.08. The van der Waals surface area contributed by atoms with Gasteiger partial charge in [-0.25, -0.2) is 14.4 Å². The van der Waals surface area contributed by atoms with E-state index in [-0.39, 0.29) is 5.82 Å². The van der Waals surface area contributed by atoms with E-state index in [1.807, 2.05) is 18.3 Å². The van der Waals surface area contributed by atoms with Gasteiger partial charge in [-0.3, -0.25) is 0 Å². The zero-order chi connectivity index (χ0) is 16.5. The number of H-pyrrole nitrogens is 1. The lowest BCUT2D eigenvalue weighted by atomic mass is 10.1. The highest BCUT2D eigenvalue weighted by atomic mass is 32.1. The largest absolute Gasteiger partial charge is 0.341 e. The molecule has 0 fully saturated rings. The number of hydrogen-bond acceptors (Lipinski definition) is 3. The Kier molecular flexibility index (Phi) is 3.86. The second-order valence-electron chi connectivity index (χ2n) is 5.82. The van der Waals surface area contributed by atoms with Crippen LogP contribution in [0.15, 0.2) is 48.7 Å². The number of fused-ring (bicyclic) bond motifs is 1. The van der Waals surface area contributed by atoms with Crippen LogP contribution in [0.25, 0.3) is 21.6 Å². The summed E-state index contributed by atoms with van der Waals surface area (Å²) in [7, 11) is 0. The molecule has 3 nitrogen and oxygen atoms in total. The molecular formula is C19H16FN3S. The van der Waals surface area contributed by atoms with Gasteiger partial charge in [-0.2, -0.15) is 0 Å². The number of nitrogens with one attached hydrogen (secondary N) is 1. The van der Waals surface area contributed by atoms with E-state index in [0.717, 1.165) is 41.0 Å². The molecule has 0 aliphatic rings. The van der Waals surface area contributed by atoms with Crippen LogP contribution < -0.4 is 0 Å². The molecule has 0 unspecified atom stereocenters. The van der Waals surface area contributed by atoms with Crippen molar-refractivity contribution in [1.29, 1.82) is 0 Å². The Labute approximate surface area is 143 Å². The Morgan fingerprint density at radius 1 is 1.08 bits per heavy atom. The molecule has 3 aromatic heterocycles. The third-order valence-electron chi connectivity index (χ3n) is 3.98. The van der Waals surface area contributed by atoms with Crippen molar-refractivity contribution in [2.75, 3.05) is 0 Å². The first-order valence-electron chi connectivity index (χ1n) is 7.83. The van der Waals surface area contributed by atoms with Crippen LogP contribution in [0.1, 0.15) is 16.3 Å². The maximum absolute atomic E-state index is 12.9. The van der Waals surface area contributed by atoms with Crippen LogP contribution in [0.5, 0.6) is 0 Å². The van der Waals surface area contributed by atoms with E-state index >= 15 is 0 Å². The summed E-state index contributed by atoms with van der Waals surface area (Å²) in [4.78, 5) is 14.9. The van der Waals surface area contributed by atoms with Crippen LogP contribution in [0.4, 0.5) is 4.39 Å². The smallest absolute Gasteiger partial charge is 0.177 e. The number of aromatic amines is 1. The Bertz CT molecular complexity index is 985. The summed E-state index contributed by atoms with van der Waals surface area (Å²) in [6, 6.07) is 12.9. The van der Waals surface area contributed by atoms with Gasteiger partial charge in [-0.1, -0.05) is 12.1 Å². The Balaban J connectivity index is 1.55. The fourth-order valence-electron chi connectivity index (χ4n) is 2.71. The molecule has 120 valence electrons. The van der Waals surface area contributed by atoms with Crippen molar-refractivity contribution in [2.45, 2.75) is 19.8 Å². The molecule has 24 heavy (non-hydrogen) atoms. The molecule has 0 aliphatic heterocycles. The molecule has 4 rings (SSSR count). The van der Waals surface area contributed by atoms with Crippen LogP contribution in [0, 0.1) is 12.7 Å². The quantitative estimate of drug-likeness (QED) is 0.574. The first-order valence-corrected chi connectivity index (χ1v) is 8.65. The number of rotatable bonds is 4. The zero-order valence-electron chi connectivity index (χ0n) is 13.2. The monoisotopic (exact) mass is 337 g/mol. The number of thiophene rings is 1. The third-order valence-corrected chi connectivity index (χ3v) is 5.02. The van der Waals surface area contributed by atoms with Crippen molar-refractivity contribution in [2.24, 2.45) is 0 Å². The average Bonchev–Trinajstić information content (AvgIpc) is 3.19. The SMILES string of the molecule is Cc1ccc(-c2cnc3nc(CCc4ccc(F)cc4)[nH]c3c2)s1. The van der Waals surface area contributed by atoms with Gasteiger partial charge in [-0.15, -0.1) is 11.3 Å². The second-order valence-corrected chi connectivity index (χ2v) is 7.10. The maximum Gasteiger partial charge on any atom is 0.177 e. The number of benzene rings is 1. The number of aromatic nitrogens is 3. The first kappa shape index (κ1) is 15.0. The number of imidazole rings is 1. The molecule has 0 aliphatic carbocycles. The summed E-state index contributed by atoms with van der Waals surface area (Å²) in [5.41, 5.74) is 3.89. The van der Waals surface area contributed by atoms with E-state index in [1.54, 1.807) is 11.3 Å². The van der Waals surface area contributed by atoms with Gasteiger partial charge < -0.3 is 4.98 Å². The van der Waals surface area contributed by atoms with Gasteiger partial charge in [0.05, 0.1) is 5.52 Å². The molecule has 1 N–H and O–H groups in total. The first-order chi connectivity index (χ1) is 11.7.